The lowest BCUT2D eigenvalue weighted by Gasteiger charge is -2.02. The molecule has 0 aliphatic carbocycles. The number of aliphatic carboxylic acids is 1. The van der Waals surface area contributed by atoms with E-state index in [0.29, 0.717) is 0 Å². The molecule has 2 heteroatoms. The lowest BCUT2D eigenvalue weighted by Crippen LogP contribution is -1.88. The van der Waals surface area contributed by atoms with Crippen LogP contribution in [0.3, 0.4) is 0 Å². The first-order chi connectivity index (χ1) is 8.22. The Labute approximate surface area is 103 Å². The summed E-state index contributed by atoms with van der Waals surface area (Å²) in [5.41, 5.74) is 2.24. The van der Waals surface area contributed by atoms with E-state index in [4.69, 9.17) is 5.11 Å². The maximum absolute atomic E-state index is 10.4. The van der Waals surface area contributed by atoms with Crippen molar-refractivity contribution in [1.29, 1.82) is 0 Å². The van der Waals surface area contributed by atoms with Crippen molar-refractivity contribution in [2.75, 3.05) is 0 Å². The lowest BCUT2D eigenvalue weighted by atomic mass is 10.0. The van der Waals surface area contributed by atoms with E-state index in [1.807, 2.05) is 12.1 Å². The minimum atomic E-state index is -0.904. The van der Waals surface area contributed by atoms with Gasteiger partial charge in [0.25, 0.3) is 0 Å². The molecule has 0 heterocycles. The smallest absolute Gasteiger partial charge is 0.328 e. The topological polar surface area (TPSA) is 37.3 Å². The summed E-state index contributed by atoms with van der Waals surface area (Å²) in [4.78, 5) is 10.4. The van der Waals surface area contributed by atoms with Gasteiger partial charge in [0.05, 0.1) is 0 Å². The minimum Gasteiger partial charge on any atom is -0.478 e. The molecule has 0 aromatic heterocycles. The molecule has 0 fully saturated rings. The van der Waals surface area contributed by atoms with Crippen molar-refractivity contribution >= 4 is 12.0 Å². The van der Waals surface area contributed by atoms with Crippen molar-refractivity contribution in [3.8, 4) is 0 Å². The number of carboxylic acid groups (broad SMARTS) is 1. The standard InChI is InChI=1S/C15H20O2/c1-2-3-4-5-7-13-8-6-9-14(12-13)10-11-15(16)17/h6,8-12H,2-5,7H2,1H3,(H,16,17). The average molecular weight is 232 g/mol. The molecule has 0 saturated heterocycles. The predicted octanol–water partition coefficient (Wildman–Crippen LogP) is 3.91. The van der Waals surface area contributed by atoms with Crippen LogP contribution in [-0.4, -0.2) is 11.1 Å². The van der Waals surface area contributed by atoms with E-state index >= 15 is 0 Å². The molecular weight excluding hydrogens is 212 g/mol. The van der Waals surface area contributed by atoms with Crippen molar-refractivity contribution in [3.05, 3.63) is 41.5 Å². The highest BCUT2D eigenvalue weighted by Crippen LogP contribution is 2.11. The molecule has 0 radical (unpaired) electrons. The molecule has 1 rings (SSSR count). The van der Waals surface area contributed by atoms with E-state index in [0.717, 1.165) is 12.0 Å². The minimum absolute atomic E-state index is 0.904. The van der Waals surface area contributed by atoms with Gasteiger partial charge in [-0.05, 0) is 30.0 Å². The van der Waals surface area contributed by atoms with Crippen molar-refractivity contribution in [3.63, 3.8) is 0 Å². The van der Waals surface area contributed by atoms with Gasteiger partial charge in [-0.1, -0.05) is 50.5 Å². The Morgan fingerprint density at radius 2 is 2.12 bits per heavy atom. The van der Waals surface area contributed by atoms with Gasteiger partial charge in [0.1, 0.15) is 0 Å². The zero-order valence-electron chi connectivity index (χ0n) is 10.4. The van der Waals surface area contributed by atoms with Crippen LogP contribution in [-0.2, 0) is 11.2 Å². The highest BCUT2D eigenvalue weighted by molar-refractivity contribution is 5.85. The fourth-order valence-electron chi connectivity index (χ4n) is 1.78. The summed E-state index contributed by atoms with van der Waals surface area (Å²) >= 11 is 0. The van der Waals surface area contributed by atoms with Crippen LogP contribution < -0.4 is 0 Å². The van der Waals surface area contributed by atoms with Crippen LogP contribution in [0.15, 0.2) is 30.3 Å². The summed E-state index contributed by atoms with van der Waals surface area (Å²) in [6.45, 7) is 2.21. The van der Waals surface area contributed by atoms with Crippen molar-refractivity contribution in [1.82, 2.24) is 0 Å². The van der Waals surface area contributed by atoms with E-state index in [-0.39, 0.29) is 0 Å². The zero-order chi connectivity index (χ0) is 12.5. The molecule has 0 amide bonds. The molecule has 0 spiro atoms. The fraction of sp³-hybridized carbons (Fsp3) is 0.400. The van der Waals surface area contributed by atoms with Crippen molar-refractivity contribution in [2.24, 2.45) is 0 Å². The molecule has 92 valence electrons. The summed E-state index contributed by atoms with van der Waals surface area (Å²) in [6, 6.07) is 8.07. The van der Waals surface area contributed by atoms with Gasteiger partial charge in [-0.2, -0.15) is 0 Å². The summed E-state index contributed by atoms with van der Waals surface area (Å²) < 4.78 is 0. The van der Waals surface area contributed by atoms with Gasteiger partial charge in [-0.3, -0.25) is 0 Å². The molecule has 0 saturated carbocycles. The Morgan fingerprint density at radius 3 is 2.82 bits per heavy atom. The van der Waals surface area contributed by atoms with Crippen molar-refractivity contribution in [2.45, 2.75) is 39.0 Å². The second-order valence-corrected chi connectivity index (χ2v) is 4.23. The van der Waals surface area contributed by atoms with Crippen LogP contribution in [0.25, 0.3) is 6.08 Å². The second kappa shape index (κ2) is 7.66. The number of aryl methyl sites for hydroxylation is 1. The molecular formula is C15H20O2. The Bertz CT molecular complexity index is 380. The predicted molar refractivity (Wildman–Crippen MR) is 71.0 cm³/mol. The number of carboxylic acids is 1. The van der Waals surface area contributed by atoms with Crippen LogP contribution in [0, 0.1) is 0 Å². The highest BCUT2D eigenvalue weighted by atomic mass is 16.4. The van der Waals surface area contributed by atoms with Gasteiger partial charge >= 0.3 is 5.97 Å². The number of carbonyl (C=O) groups is 1. The molecule has 1 N–H and O–H groups in total. The monoisotopic (exact) mass is 232 g/mol. The van der Waals surface area contributed by atoms with E-state index < -0.39 is 5.97 Å². The molecule has 2 nitrogen and oxygen atoms in total. The Morgan fingerprint density at radius 1 is 1.29 bits per heavy atom. The second-order valence-electron chi connectivity index (χ2n) is 4.23. The third-order valence-corrected chi connectivity index (χ3v) is 2.69. The quantitative estimate of drug-likeness (QED) is 0.571. The average Bonchev–Trinajstić information content (AvgIpc) is 2.33. The summed E-state index contributed by atoms with van der Waals surface area (Å²) in [5.74, 6) is -0.904. The van der Waals surface area contributed by atoms with Crippen LogP contribution >= 0.6 is 0 Å². The Kier molecular flexibility index (Phi) is 6.08. The van der Waals surface area contributed by atoms with E-state index in [9.17, 15) is 4.79 Å². The fourth-order valence-corrected chi connectivity index (χ4v) is 1.78. The Balaban J connectivity index is 2.50. The summed E-state index contributed by atoms with van der Waals surface area (Å²) in [7, 11) is 0. The van der Waals surface area contributed by atoms with Gasteiger partial charge in [-0.15, -0.1) is 0 Å². The van der Waals surface area contributed by atoms with Gasteiger partial charge in [0, 0.05) is 6.08 Å². The maximum atomic E-state index is 10.4. The Hall–Kier alpha value is -1.57. The van der Waals surface area contributed by atoms with Gasteiger partial charge in [-0.25, -0.2) is 4.79 Å². The van der Waals surface area contributed by atoms with Gasteiger partial charge < -0.3 is 5.11 Å². The number of hydrogen-bond acceptors (Lipinski definition) is 1. The number of benzene rings is 1. The first-order valence-electron chi connectivity index (χ1n) is 6.22. The number of rotatable bonds is 7. The van der Waals surface area contributed by atoms with Gasteiger partial charge in [0.2, 0.25) is 0 Å². The van der Waals surface area contributed by atoms with E-state index in [2.05, 4.69) is 19.1 Å². The van der Waals surface area contributed by atoms with Gasteiger partial charge in [0.15, 0.2) is 0 Å². The van der Waals surface area contributed by atoms with Crippen LogP contribution in [0.5, 0.6) is 0 Å². The van der Waals surface area contributed by atoms with Crippen molar-refractivity contribution < 1.29 is 9.90 Å². The SMILES string of the molecule is CCCCCCc1cccc(C=CC(=O)O)c1. The number of hydrogen-bond donors (Lipinski definition) is 1. The lowest BCUT2D eigenvalue weighted by molar-refractivity contribution is -0.131. The molecule has 0 bridgehead atoms. The number of unbranched alkanes of at least 4 members (excludes halogenated alkanes) is 3. The van der Waals surface area contributed by atoms with Crippen LogP contribution in [0.4, 0.5) is 0 Å². The normalized spacial score (nSPS) is 10.9. The third-order valence-electron chi connectivity index (χ3n) is 2.69. The molecule has 0 aliphatic heterocycles. The van der Waals surface area contributed by atoms with E-state index in [1.54, 1.807) is 6.08 Å². The van der Waals surface area contributed by atoms with Crippen LogP contribution in [0.1, 0.15) is 43.7 Å². The molecule has 0 aliphatic rings. The first kappa shape index (κ1) is 13.5. The largest absolute Gasteiger partial charge is 0.478 e. The highest BCUT2D eigenvalue weighted by Gasteiger charge is 1.95. The van der Waals surface area contributed by atoms with Crippen LogP contribution in [0.2, 0.25) is 0 Å². The summed E-state index contributed by atoms with van der Waals surface area (Å²) in [5, 5.41) is 8.56. The maximum Gasteiger partial charge on any atom is 0.328 e. The first-order valence-corrected chi connectivity index (χ1v) is 6.22. The third kappa shape index (κ3) is 5.91. The zero-order valence-corrected chi connectivity index (χ0v) is 10.4. The molecule has 0 unspecified atom stereocenters. The molecule has 1 aromatic rings. The summed E-state index contributed by atoms with van der Waals surface area (Å²) in [6.07, 6.45) is 8.91. The molecule has 1 aromatic carbocycles. The van der Waals surface area contributed by atoms with E-state index in [1.165, 1.54) is 37.3 Å². The molecule has 17 heavy (non-hydrogen) atoms. The molecule has 0 atom stereocenters.